The highest BCUT2D eigenvalue weighted by molar-refractivity contribution is 5.94. The summed E-state index contributed by atoms with van der Waals surface area (Å²) in [4.78, 5) is 66.6. The first kappa shape index (κ1) is 29.5. The molecule has 1 aromatic heterocycles. The van der Waals surface area contributed by atoms with Crippen LogP contribution in [0.25, 0.3) is 0 Å². The smallest absolute Gasteiger partial charge is 0.326 e. The van der Waals surface area contributed by atoms with Gasteiger partial charge in [-0.2, -0.15) is 0 Å². The number of carboxylic acids is 2. The Morgan fingerprint density at radius 1 is 0.943 bits per heavy atom. The van der Waals surface area contributed by atoms with Gasteiger partial charge in [0.2, 0.25) is 17.7 Å². The molecule has 0 spiro atoms. The fraction of sp³-hybridized carbons (Fsp3) is 0.600. The van der Waals surface area contributed by atoms with Gasteiger partial charge in [-0.15, -0.1) is 0 Å². The van der Waals surface area contributed by atoms with E-state index in [1.165, 1.54) is 12.5 Å². The minimum atomic E-state index is -1.54. The maximum atomic E-state index is 12.7. The van der Waals surface area contributed by atoms with Crippen LogP contribution in [0.4, 0.5) is 0 Å². The van der Waals surface area contributed by atoms with Gasteiger partial charge in [-0.25, -0.2) is 9.78 Å². The van der Waals surface area contributed by atoms with Crippen LogP contribution >= 0.6 is 0 Å². The lowest BCUT2D eigenvalue weighted by Gasteiger charge is -2.24. The number of carboxylic acid groups (broad SMARTS) is 2. The van der Waals surface area contributed by atoms with Gasteiger partial charge in [0, 0.05) is 24.7 Å². The quantitative estimate of drug-likeness (QED) is 0.0963. The minimum Gasteiger partial charge on any atom is -0.481 e. The number of nitrogens with two attached hydrogens (primary N) is 2. The van der Waals surface area contributed by atoms with E-state index in [9.17, 15) is 34.2 Å². The Morgan fingerprint density at radius 2 is 1.57 bits per heavy atom. The molecule has 0 aliphatic rings. The van der Waals surface area contributed by atoms with Crippen LogP contribution in [0.2, 0.25) is 0 Å². The van der Waals surface area contributed by atoms with E-state index in [4.69, 9.17) is 16.6 Å². The van der Waals surface area contributed by atoms with Gasteiger partial charge in [-0.3, -0.25) is 19.2 Å². The molecule has 0 aliphatic carbocycles. The summed E-state index contributed by atoms with van der Waals surface area (Å²) in [6.07, 6.45) is 3.21. The average Bonchev–Trinajstić information content (AvgIpc) is 3.31. The van der Waals surface area contributed by atoms with Crippen LogP contribution in [0.3, 0.4) is 0 Å². The van der Waals surface area contributed by atoms with Crippen LogP contribution in [0, 0.1) is 0 Å². The lowest BCUT2D eigenvalue weighted by Crippen LogP contribution is -2.58. The monoisotopic (exact) mass is 499 g/mol. The number of carbonyl (C=O) groups excluding carboxylic acids is 3. The van der Waals surface area contributed by atoms with Crippen molar-refractivity contribution in [2.45, 2.75) is 62.7 Å². The van der Waals surface area contributed by atoms with Gasteiger partial charge >= 0.3 is 11.9 Å². The number of H-pyrrole nitrogens is 1. The van der Waals surface area contributed by atoms with E-state index in [0.717, 1.165) is 0 Å². The predicted molar refractivity (Wildman–Crippen MR) is 121 cm³/mol. The zero-order valence-electron chi connectivity index (χ0n) is 19.1. The molecular weight excluding hydrogens is 466 g/mol. The Balaban J connectivity index is 2.82. The molecule has 0 saturated carbocycles. The van der Waals surface area contributed by atoms with Crippen molar-refractivity contribution in [3.63, 3.8) is 0 Å². The fourth-order valence-corrected chi connectivity index (χ4v) is 3.03. The van der Waals surface area contributed by atoms with Crippen LogP contribution in [-0.4, -0.2) is 92.3 Å². The Bertz CT molecular complexity index is 849. The summed E-state index contributed by atoms with van der Waals surface area (Å²) in [5.41, 5.74) is 11.8. The molecule has 0 bridgehead atoms. The fourth-order valence-electron chi connectivity index (χ4n) is 3.03. The van der Waals surface area contributed by atoms with Gasteiger partial charge in [0.1, 0.15) is 18.1 Å². The number of hydrogen-bond acceptors (Lipinski definition) is 9. The number of unbranched alkanes of at least 4 members (excludes halogenated alkanes) is 1. The summed E-state index contributed by atoms with van der Waals surface area (Å²) in [7, 11) is 0. The first-order valence-electron chi connectivity index (χ1n) is 11.0. The highest BCUT2D eigenvalue weighted by Gasteiger charge is 2.30. The van der Waals surface area contributed by atoms with Gasteiger partial charge in [-0.05, 0) is 32.2 Å². The van der Waals surface area contributed by atoms with Crippen LogP contribution < -0.4 is 27.4 Å². The number of aliphatic carboxylic acids is 2. The Hall–Kier alpha value is -3.56. The standard InChI is InChI=1S/C20H33N7O8/c21-6-2-1-3-14(20(34)35)26-19(33)15(9-28)27-18(32)13(4-5-16(29)30)25-17(31)12(22)7-11-8-23-10-24-11/h8,10,12-15,28H,1-7,9,21-22H2,(H,23,24)(H,25,31)(H,26,33)(H,27,32)(H,29,30)(H,34,35). The van der Waals surface area contributed by atoms with Crippen molar-refractivity contribution in [2.24, 2.45) is 11.5 Å². The van der Waals surface area contributed by atoms with Crippen LogP contribution in [0.1, 0.15) is 37.8 Å². The van der Waals surface area contributed by atoms with Gasteiger partial charge in [0.25, 0.3) is 0 Å². The van der Waals surface area contributed by atoms with E-state index in [0.29, 0.717) is 25.1 Å². The van der Waals surface area contributed by atoms with Crippen LogP contribution in [0.5, 0.6) is 0 Å². The molecular formula is C20H33N7O8. The number of aromatic amines is 1. The van der Waals surface area contributed by atoms with Crippen molar-refractivity contribution in [2.75, 3.05) is 13.2 Å². The van der Waals surface area contributed by atoms with Crippen molar-refractivity contribution in [3.05, 3.63) is 18.2 Å². The minimum absolute atomic E-state index is 0.0709. The molecule has 196 valence electrons. The highest BCUT2D eigenvalue weighted by Crippen LogP contribution is 2.04. The second kappa shape index (κ2) is 15.4. The number of aromatic nitrogens is 2. The molecule has 0 saturated heterocycles. The molecule has 1 aromatic rings. The number of nitrogens with zero attached hydrogens (tertiary/aromatic N) is 1. The molecule has 35 heavy (non-hydrogen) atoms. The van der Waals surface area contributed by atoms with E-state index >= 15 is 0 Å². The summed E-state index contributed by atoms with van der Waals surface area (Å²) in [5.74, 6) is -5.17. The number of amides is 3. The zero-order chi connectivity index (χ0) is 26.4. The van der Waals surface area contributed by atoms with Gasteiger partial charge < -0.3 is 47.7 Å². The molecule has 0 radical (unpaired) electrons. The third-order valence-electron chi connectivity index (χ3n) is 4.99. The van der Waals surface area contributed by atoms with Crippen molar-refractivity contribution >= 4 is 29.7 Å². The van der Waals surface area contributed by atoms with Crippen LogP contribution in [-0.2, 0) is 30.4 Å². The molecule has 11 N–H and O–H groups in total. The number of carbonyl (C=O) groups is 5. The average molecular weight is 500 g/mol. The van der Waals surface area contributed by atoms with E-state index in [1.807, 2.05) is 0 Å². The van der Waals surface area contributed by atoms with Crippen molar-refractivity contribution in [1.29, 1.82) is 0 Å². The maximum absolute atomic E-state index is 12.7. The number of aliphatic hydroxyl groups excluding tert-OH is 1. The Labute approximate surface area is 201 Å². The number of hydrogen-bond donors (Lipinski definition) is 9. The van der Waals surface area contributed by atoms with Crippen molar-refractivity contribution in [1.82, 2.24) is 25.9 Å². The SMILES string of the molecule is NCCCCC(NC(=O)C(CO)NC(=O)C(CCC(=O)O)NC(=O)C(N)Cc1cnc[nH]1)C(=O)O. The van der Waals surface area contributed by atoms with E-state index in [1.54, 1.807) is 0 Å². The number of rotatable bonds is 17. The maximum Gasteiger partial charge on any atom is 0.326 e. The summed E-state index contributed by atoms with van der Waals surface area (Å²) < 4.78 is 0. The molecule has 15 heteroatoms. The lowest BCUT2D eigenvalue weighted by atomic mass is 10.1. The predicted octanol–water partition coefficient (Wildman–Crippen LogP) is -3.20. The summed E-state index contributed by atoms with van der Waals surface area (Å²) in [5, 5.41) is 34.6. The largest absolute Gasteiger partial charge is 0.481 e. The summed E-state index contributed by atoms with van der Waals surface area (Å²) in [6, 6.07) is -5.27. The molecule has 1 rings (SSSR count). The van der Waals surface area contributed by atoms with E-state index in [-0.39, 0.29) is 19.3 Å². The second-order valence-electron chi connectivity index (χ2n) is 7.81. The van der Waals surface area contributed by atoms with E-state index in [2.05, 4.69) is 25.9 Å². The molecule has 4 atom stereocenters. The topological polar surface area (TPSA) is 263 Å². The second-order valence-corrected chi connectivity index (χ2v) is 7.81. The summed E-state index contributed by atoms with van der Waals surface area (Å²) >= 11 is 0. The Kier molecular flexibility index (Phi) is 12.9. The van der Waals surface area contributed by atoms with Crippen LogP contribution in [0.15, 0.2) is 12.5 Å². The van der Waals surface area contributed by atoms with Gasteiger partial charge in [0.15, 0.2) is 0 Å². The van der Waals surface area contributed by atoms with Gasteiger partial charge in [0.05, 0.1) is 19.0 Å². The molecule has 0 aromatic carbocycles. The number of aliphatic hydroxyl groups is 1. The molecule has 1 heterocycles. The summed E-state index contributed by atoms with van der Waals surface area (Å²) in [6.45, 7) is -0.518. The molecule has 3 amide bonds. The molecule has 15 nitrogen and oxygen atoms in total. The third-order valence-corrected chi connectivity index (χ3v) is 4.99. The number of imidazole rings is 1. The highest BCUT2D eigenvalue weighted by atomic mass is 16.4. The number of nitrogens with one attached hydrogen (secondary N) is 4. The zero-order valence-corrected chi connectivity index (χ0v) is 19.1. The molecule has 0 fully saturated rings. The first-order chi connectivity index (χ1) is 16.6. The van der Waals surface area contributed by atoms with Crippen molar-refractivity contribution < 1.29 is 39.3 Å². The normalized spacial score (nSPS) is 14.3. The molecule has 0 aliphatic heterocycles. The first-order valence-corrected chi connectivity index (χ1v) is 11.0. The van der Waals surface area contributed by atoms with Gasteiger partial charge in [-0.1, -0.05) is 0 Å². The Morgan fingerprint density at radius 3 is 2.11 bits per heavy atom. The lowest BCUT2D eigenvalue weighted by molar-refractivity contribution is -0.142. The molecule has 4 unspecified atom stereocenters. The van der Waals surface area contributed by atoms with E-state index < -0.39 is 66.9 Å². The van der Waals surface area contributed by atoms with Crippen molar-refractivity contribution in [3.8, 4) is 0 Å². The third kappa shape index (κ3) is 10.9.